The molecule has 1 N–H and O–H groups in total. The highest BCUT2D eigenvalue weighted by atomic mass is 31.2. The Labute approximate surface area is 141 Å². The van der Waals surface area contributed by atoms with E-state index in [1.165, 1.54) is 0 Å². The summed E-state index contributed by atoms with van der Waals surface area (Å²) in [6.45, 7) is 0. The molecule has 0 heterocycles. The molecule has 0 aliphatic carbocycles. The lowest BCUT2D eigenvalue weighted by molar-refractivity contribution is 0.0963. The molecule has 0 unspecified atom stereocenters. The van der Waals surface area contributed by atoms with Gasteiger partial charge in [0.25, 0.3) is 5.91 Å². The predicted octanol–water partition coefficient (Wildman–Crippen LogP) is 2.69. The molecule has 0 aliphatic heterocycles. The zero-order valence-corrected chi connectivity index (χ0v) is 14.2. The number of hydrogen-bond donors (Lipinski definition) is 1. The van der Waals surface area contributed by atoms with E-state index in [1.807, 2.05) is 60.7 Å². The summed E-state index contributed by atoms with van der Waals surface area (Å²) in [4.78, 5) is 11.7. The normalized spacial score (nSPS) is 11.0. The average molecular weight is 335 g/mol. The van der Waals surface area contributed by atoms with Gasteiger partial charge in [-0.15, -0.1) is 0 Å². The van der Waals surface area contributed by atoms with Crippen molar-refractivity contribution < 1.29 is 9.36 Å². The lowest BCUT2D eigenvalue weighted by Gasteiger charge is -2.20. The third-order valence-electron chi connectivity index (χ3n) is 3.96. The van der Waals surface area contributed by atoms with Crippen molar-refractivity contribution in [1.82, 2.24) is 5.32 Å². The molecule has 1 amide bonds. The first-order valence-electron chi connectivity index (χ1n) is 7.70. The summed E-state index contributed by atoms with van der Waals surface area (Å²) in [6, 6.07) is 25.9. The molecule has 3 rings (SSSR count). The molecule has 3 aromatic rings. The van der Waals surface area contributed by atoms with E-state index in [4.69, 9.17) is 0 Å². The summed E-state index contributed by atoms with van der Waals surface area (Å²) in [5, 5.41) is 4.87. The molecule has 3 nitrogen and oxygen atoms in total. The molecule has 4 heteroatoms. The maximum absolute atomic E-state index is 14.1. The smallest absolute Gasteiger partial charge is 0.251 e. The Kier molecular flexibility index (Phi) is 4.64. The van der Waals surface area contributed by atoms with E-state index in [1.54, 1.807) is 31.3 Å². The Bertz CT molecular complexity index is 831. The molecule has 120 valence electrons. The molecule has 0 saturated heterocycles. The summed E-state index contributed by atoms with van der Waals surface area (Å²) in [6.07, 6.45) is 0. The van der Waals surface area contributed by atoms with E-state index in [2.05, 4.69) is 5.32 Å². The van der Waals surface area contributed by atoms with Crippen molar-refractivity contribution in [2.24, 2.45) is 0 Å². The molecule has 0 spiro atoms. The number of amides is 1. The van der Waals surface area contributed by atoms with Gasteiger partial charge in [-0.05, 0) is 12.1 Å². The maximum atomic E-state index is 14.1. The highest BCUT2D eigenvalue weighted by Crippen LogP contribution is 2.42. The van der Waals surface area contributed by atoms with Gasteiger partial charge in [0, 0.05) is 28.5 Å². The first-order chi connectivity index (χ1) is 11.7. The molecule has 0 bridgehead atoms. The quantitative estimate of drug-likeness (QED) is 0.745. The van der Waals surface area contributed by atoms with Crippen LogP contribution >= 0.6 is 7.14 Å². The molecule has 3 aromatic carbocycles. The van der Waals surface area contributed by atoms with E-state index in [9.17, 15) is 9.36 Å². The average Bonchev–Trinajstić information content (AvgIpc) is 2.68. The van der Waals surface area contributed by atoms with E-state index >= 15 is 0 Å². The Morgan fingerprint density at radius 2 is 1.12 bits per heavy atom. The van der Waals surface area contributed by atoms with Gasteiger partial charge >= 0.3 is 0 Å². The largest absolute Gasteiger partial charge is 0.355 e. The van der Waals surface area contributed by atoms with Gasteiger partial charge < -0.3 is 9.88 Å². The van der Waals surface area contributed by atoms with Crippen LogP contribution in [0.1, 0.15) is 10.4 Å². The summed E-state index contributed by atoms with van der Waals surface area (Å²) >= 11 is 0. The topological polar surface area (TPSA) is 46.2 Å². The molecule has 0 aromatic heterocycles. The number of hydrogen-bond acceptors (Lipinski definition) is 2. The van der Waals surface area contributed by atoms with Crippen molar-refractivity contribution >= 4 is 29.0 Å². The van der Waals surface area contributed by atoms with Crippen LogP contribution in [0.2, 0.25) is 0 Å². The molecule has 0 fully saturated rings. The van der Waals surface area contributed by atoms with Gasteiger partial charge in [-0.25, -0.2) is 0 Å². The minimum absolute atomic E-state index is 0.157. The zero-order chi connectivity index (χ0) is 17.0. The van der Waals surface area contributed by atoms with E-state index in [0.29, 0.717) is 10.9 Å². The minimum atomic E-state index is -2.97. The predicted molar refractivity (Wildman–Crippen MR) is 99.2 cm³/mol. The van der Waals surface area contributed by atoms with Gasteiger partial charge in [0.15, 0.2) is 7.14 Å². The number of nitrogens with one attached hydrogen (secondary N) is 1. The van der Waals surface area contributed by atoms with Crippen LogP contribution in [-0.4, -0.2) is 13.0 Å². The highest BCUT2D eigenvalue weighted by molar-refractivity contribution is 7.85. The summed E-state index contributed by atoms with van der Waals surface area (Å²) < 4.78 is 14.1. The first-order valence-corrected chi connectivity index (χ1v) is 9.41. The monoisotopic (exact) mass is 335 g/mol. The molecule has 0 saturated carbocycles. The zero-order valence-electron chi connectivity index (χ0n) is 13.3. The molecule has 0 aliphatic rings. The number of carbonyl (C=O) groups excluding carboxylic acids is 1. The first kappa shape index (κ1) is 16.2. The van der Waals surface area contributed by atoms with Gasteiger partial charge in [-0.2, -0.15) is 0 Å². The fourth-order valence-electron chi connectivity index (χ4n) is 2.69. The minimum Gasteiger partial charge on any atom is -0.355 e. The molecule has 0 atom stereocenters. The SMILES string of the molecule is CNC(=O)c1ccc(P(=O)(c2ccccc2)c2ccccc2)cc1. The van der Waals surface area contributed by atoms with E-state index in [-0.39, 0.29) is 5.91 Å². The number of benzene rings is 3. The number of carbonyl (C=O) groups is 1. The lowest BCUT2D eigenvalue weighted by Crippen LogP contribution is -2.25. The molecule has 24 heavy (non-hydrogen) atoms. The summed E-state index contributed by atoms with van der Waals surface area (Å²) in [5.74, 6) is -0.157. The Morgan fingerprint density at radius 1 is 0.708 bits per heavy atom. The Hall–Kier alpha value is -2.64. The summed E-state index contributed by atoms with van der Waals surface area (Å²) in [5.41, 5.74) is 0.550. The summed E-state index contributed by atoms with van der Waals surface area (Å²) in [7, 11) is -1.37. The van der Waals surface area contributed by atoms with Crippen LogP contribution in [0.5, 0.6) is 0 Å². The van der Waals surface area contributed by atoms with Crippen LogP contribution in [-0.2, 0) is 4.57 Å². The van der Waals surface area contributed by atoms with Crippen molar-refractivity contribution in [2.45, 2.75) is 0 Å². The fraction of sp³-hybridized carbons (Fsp3) is 0.0500. The molecule has 0 radical (unpaired) electrons. The van der Waals surface area contributed by atoms with Crippen LogP contribution in [0, 0.1) is 0 Å². The van der Waals surface area contributed by atoms with Crippen LogP contribution in [0.3, 0.4) is 0 Å². The van der Waals surface area contributed by atoms with Crippen molar-refractivity contribution in [3.63, 3.8) is 0 Å². The van der Waals surface area contributed by atoms with E-state index in [0.717, 1.165) is 10.6 Å². The fourth-order valence-corrected chi connectivity index (χ4v) is 5.34. The van der Waals surface area contributed by atoms with Gasteiger partial charge in [-0.3, -0.25) is 4.79 Å². The highest BCUT2D eigenvalue weighted by Gasteiger charge is 2.29. The second-order valence-electron chi connectivity index (χ2n) is 5.41. The third-order valence-corrected chi connectivity index (χ3v) is 7.04. The lowest BCUT2D eigenvalue weighted by atomic mass is 10.2. The van der Waals surface area contributed by atoms with Gasteiger partial charge in [0.2, 0.25) is 0 Å². The second-order valence-corrected chi connectivity index (χ2v) is 8.17. The molecular weight excluding hydrogens is 317 g/mol. The van der Waals surface area contributed by atoms with Crippen molar-refractivity contribution in [1.29, 1.82) is 0 Å². The standard InChI is InChI=1S/C20H18NO2P/c1-21-20(22)16-12-14-19(15-13-16)24(23,17-8-4-2-5-9-17)18-10-6-3-7-11-18/h2-15H,1H3,(H,21,22). The third kappa shape index (κ3) is 2.91. The molecular formula is C20H18NO2P. The van der Waals surface area contributed by atoms with E-state index < -0.39 is 7.14 Å². The maximum Gasteiger partial charge on any atom is 0.251 e. The van der Waals surface area contributed by atoms with Crippen LogP contribution in [0.4, 0.5) is 0 Å². The van der Waals surface area contributed by atoms with Crippen LogP contribution in [0.15, 0.2) is 84.9 Å². The Balaban J connectivity index is 2.16. The Morgan fingerprint density at radius 3 is 1.54 bits per heavy atom. The number of rotatable bonds is 4. The van der Waals surface area contributed by atoms with Crippen LogP contribution < -0.4 is 21.2 Å². The van der Waals surface area contributed by atoms with Gasteiger partial charge in [0.05, 0.1) is 0 Å². The van der Waals surface area contributed by atoms with Gasteiger partial charge in [0.1, 0.15) is 0 Å². The van der Waals surface area contributed by atoms with Crippen LogP contribution in [0.25, 0.3) is 0 Å². The van der Waals surface area contributed by atoms with Crippen molar-refractivity contribution in [3.05, 3.63) is 90.5 Å². The van der Waals surface area contributed by atoms with Crippen molar-refractivity contribution in [3.8, 4) is 0 Å². The van der Waals surface area contributed by atoms with Gasteiger partial charge in [-0.1, -0.05) is 72.8 Å². The van der Waals surface area contributed by atoms with Crippen molar-refractivity contribution in [2.75, 3.05) is 7.05 Å². The second kappa shape index (κ2) is 6.86.